The van der Waals surface area contributed by atoms with Gasteiger partial charge in [-0.15, -0.1) is 5.73 Å². The predicted molar refractivity (Wildman–Crippen MR) is 53.4 cm³/mol. The summed E-state index contributed by atoms with van der Waals surface area (Å²) in [4.78, 5) is 11.1. The fourth-order valence-electron chi connectivity index (χ4n) is 0.623. The monoisotopic (exact) mass is 182 g/mol. The van der Waals surface area contributed by atoms with Gasteiger partial charge in [0.15, 0.2) is 0 Å². The molecule has 0 N–H and O–H groups in total. The fraction of sp³-hybridized carbons (Fsp3) is 0.636. The summed E-state index contributed by atoms with van der Waals surface area (Å²) in [6, 6.07) is 0. The molecule has 74 valence electrons. The van der Waals surface area contributed by atoms with E-state index in [1.807, 2.05) is 6.08 Å². The third-order valence-corrected chi connectivity index (χ3v) is 1.30. The highest BCUT2D eigenvalue weighted by Gasteiger charge is 2.05. The van der Waals surface area contributed by atoms with E-state index >= 15 is 0 Å². The van der Waals surface area contributed by atoms with Gasteiger partial charge in [0.1, 0.15) is 0 Å². The Morgan fingerprint density at radius 1 is 1.46 bits per heavy atom. The van der Waals surface area contributed by atoms with Gasteiger partial charge in [0.05, 0.1) is 12.2 Å². The summed E-state index contributed by atoms with van der Waals surface area (Å²) >= 11 is 0. The molecule has 0 amide bonds. The van der Waals surface area contributed by atoms with E-state index in [1.54, 1.807) is 13.8 Å². The average molecular weight is 182 g/mol. The minimum absolute atomic E-state index is 0.0494. The lowest BCUT2D eigenvalue weighted by atomic mass is 9.97. The number of esters is 1. The van der Waals surface area contributed by atoms with Crippen molar-refractivity contribution in [2.24, 2.45) is 5.41 Å². The molecule has 0 bridgehead atoms. The summed E-state index contributed by atoms with van der Waals surface area (Å²) in [5, 5.41) is 0. The van der Waals surface area contributed by atoms with Crippen molar-refractivity contribution in [2.45, 2.75) is 34.6 Å². The molecule has 0 aliphatic carbocycles. The third-order valence-electron chi connectivity index (χ3n) is 1.30. The van der Waals surface area contributed by atoms with Gasteiger partial charge in [-0.2, -0.15) is 0 Å². The zero-order valence-corrected chi connectivity index (χ0v) is 9.10. The van der Waals surface area contributed by atoms with E-state index in [-0.39, 0.29) is 11.4 Å². The van der Waals surface area contributed by atoms with Crippen molar-refractivity contribution < 1.29 is 9.53 Å². The Labute approximate surface area is 80.3 Å². The van der Waals surface area contributed by atoms with Gasteiger partial charge in [0, 0.05) is 0 Å². The van der Waals surface area contributed by atoms with Gasteiger partial charge in [-0.3, -0.25) is 0 Å². The highest BCUT2D eigenvalue weighted by Crippen LogP contribution is 2.13. The molecule has 0 saturated carbocycles. The Morgan fingerprint density at radius 2 is 2.00 bits per heavy atom. The SMILES string of the molecule is CCOC(=O)C(C)=C=CC(C)(C)C. The molecule has 0 aliphatic rings. The van der Waals surface area contributed by atoms with Gasteiger partial charge in [-0.1, -0.05) is 20.8 Å². The van der Waals surface area contributed by atoms with Crippen molar-refractivity contribution in [1.29, 1.82) is 0 Å². The summed E-state index contributed by atoms with van der Waals surface area (Å²) in [7, 11) is 0. The standard InChI is InChI=1S/C11H18O2/c1-6-13-10(12)9(2)7-8-11(3,4)5/h8H,6H2,1-5H3. The summed E-state index contributed by atoms with van der Waals surface area (Å²) in [6.45, 7) is 10.1. The van der Waals surface area contributed by atoms with Crippen molar-refractivity contribution in [1.82, 2.24) is 0 Å². The molecule has 0 spiro atoms. The van der Waals surface area contributed by atoms with E-state index in [1.165, 1.54) is 0 Å². The van der Waals surface area contributed by atoms with E-state index < -0.39 is 0 Å². The lowest BCUT2D eigenvalue weighted by molar-refractivity contribution is -0.138. The second kappa shape index (κ2) is 4.88. The van der Waals surface area contributed by atoms with E-state index in [4.69, 9.17) is 4.74 Å². The number of hydrogen-bond acceptors (Lipinski definition) is 2. The highest BCUT2D eigenvalue weighted by molar-refractivity contribution is 5.87. The number of carbonyl (C=O) groups is 1. The molecule has 0 aromatic rings. The quantitative estimate of drug-likeness (QED) is 0.373. The first-order valence-electron chi connectivity index (χ1n) is 4.48. The molecule has 0 rings (SSSR count). The van der Waals surface area contributed by atoms with E-state index in [2.05, 4.69) is 26.5 Å². The maximum atomic E-state index is 11.1. The number of carbonyl (C=O) groups excluding carboxylic acids is 1. The minimum Gasteiger partial charge on any atom is -0.462 e. The van der Waals surface area contributed by atoms with Crippen molar-refractivity contribution in [3.63, 3.8) is 0 Å². The maximum Gasteiger partial charge on any atom is 0.341 e. The molecule has 0 atom stereocenters. The summed E-state index contributed by atoms with van der Waals surface area (Å²) in [5.41, 5.74) is 3.50. The Kier molecular flexibility index (Phi) is 4.50. The molecule has 0 unspecified atom stereocenters. The van der Waals surface area contributed by atoms with Crippen molar-refractivity contribution in [3.05, 3.63) is 17.4 Å². The highest BCUT2D eigenvalue weighted by atomic mass is 16.5. The van der Waals surface area contributed by atoms with Gasteiger partial charge in [-0.05, 0) is 25.3 Å². The average Bonchev–Trinajstić information content (AvgIpc) is 1.99. The molecule has 0 saturated heterocycles. The van der Waals surface area contributed by atoms with E-state index in [0.717, 1.165) is 0 Å². The van der Waals surface area contributed by atoms with Gasteiger partial charge in [0.2, 0.25) is 0 Å². The smallest absolute Gasteiger partial charge is 0.341 e. The number of hydrogen-bond donors (Lipinski definition) is 0. The second-order valence-corrected chi connectivity index (χ2v) is 4.00. The van der Waals surface area contributed by atoms with Crippen LogP contribution in [-0.2, 0) is 9.53 Å². The van der Waals surface area contributed by atoms with E-state index in [0.29, 0.717) is 12.2 Å². The zero-order valence-electron chi connectivity index (χ0n) is 9.10. The van der Waals surface area contributed by atoms with Crippen LogP contribution in [0.25, 0.3) is 0 Å². The van der Waals surface area contributed by atoms with Crippen molar-refractivity contribution in [3.8, 4) is 0 Å². The van der Waals surface area contributed by atoms with Crippen LogP contribution >= 0.6 is 0 Å². The molecule has 0 fully saturated rings. The van der Waals surface area contributed by atoms with Crippen LogP contribution in [0.5, 0.6) is 0 Å². The normalized spacial score (nSPS) is 10.2. The van der Waals surface area contributed by atoms with Crippen molar-refractivity contribution >= 4 is 5.97 Å². The maximum absolute atomic E-state index is 11.1. The minimum atomic E-state index is -0.289. The van der Waals surface area contributed by atoms with Crippen LogP contribution in [0.15, 0.2) is 17.4 Å². The molecule has 0 aromatic carbocycles. The third kappa shape index (κ3) is 6.18. The first-order valence-corrected chi connectivity index (χ1v) is 4.48. The number of ether oxygens (including phenoxy) is 1. The molecular formula is C11H18O2. The molecule has 13 heavy (non-hydrogen) atoms. The van der Waals surface area contributed by atoms with Gasteiger partial charge >= 0.3 is 5.97 Å². The summed E-state index contributed by atoms with van der Waals surface area (Å²) in [6.07, 6.45) is 1.87. The molecular weight excluding hydrogens is 164 g/mol. The number of rotatable bonds is 2. The largest absolute Gasteiger partial charge is 0.462 e. The van der Waals surface area contributed by atoms with Crippen LogP contribution in [0.1, 0.15) is 34.6 Å². The Morgan fingerprint density at radius 3 is 2.38 bits per heavy atom. The molecule has 0 aliphatic heterocycles. The lowest BCUT2D eigenvalue weighted by Gasteiger charge is -2.08. The first kappa shape index (κ1) is 12.0. The van der Waals surface area contributed by atoms with Crippen LogP contribution in [-0.4, -0.2) is 12.6 Å². The lowest BCUT2D eigenvalue weighted by Crippen LogP contribution is -2.04. The predicted octanol–water partition coefficient (Wildman–Crippen LogP) is 2.70. The van der Waals surface area contributed by atoms with Crippen molar-refractivity contribution in [2.75, 3.05) is 6.61 Å². The van der Waals surface area contributed by atoms with Gasteiger partial charge < -0.3 is 4.74 Å². The molecule has 0 aromatic heterocycles. The fourth-order valence-corrected chi connectivity index (χ4v) is 0.623. The van der Waals surface area contributed by atoms with Gasteiger partial charge in [0.25, 0.3) is 0 Å². The van der Waals surface area contributed by atoms with Crippen LogP contribution < -0.4 is 0 Å². The second-order valence-electron chi connectivity index (χ2n) is 4.00. The Balaban J connectivity index is 4.49. The summed E-state index contributed by atoms with van der Waals surface area (Å²) < 4.78 is 4.81. The molecule has 2 heteroatoms. The first-order chi connectivity index (χ1) is 5.87. The van der Waals surface area contributed by atoms with Crippen LogP contribution in [0, 0.1) is 5.41 Å². The Hall–Kier alpha value is -1.01. The zero-order chi connectivity index (χ0) is 10.5. The topological polar surface area (TPSA) is 26.3 Å². The molecule has 0 radical (unpaired) electrons. The van der Waals surface area contributed by atoms with Crippen LogP contribution in [0.4, 0.5) is 0 Å². The summed E-state index contributed by atoms with van der Waals surface area (Å²) in [5.74, 6) is -0.289. The Bertz CT molecular complexity index is 237. The molecule has 2 nitrogen and oxygen atoms in total. The van der Waals surface area contributed by atoms with Gasteiger partial charge in [-0.25, -0.2) is 4.79 Å². The van der Waals surface area contributed by atoms with E-state index in [9.17, 15) is 4.79 Å². The van der Waals surface area contributed by atoms with Crippen LogP contribution in [0.3, 0.4) is 0 Å². The van der Waals surface area contributed by atoms with Crippen LogP contribution in [0.2, 0.25) is 0 Å². The molecule has 0 heterocycles.